The zero-order valence-corrected chi connectivity index (χ0v) is 20.5. The first-order valence-electron chi connectivity index (χ1n) is 11.9. The number of hydrogen-bond acceptors (Lipinski definition) is 4. The van der Waals surface area contributed by atoms with Gasteiger partial charge in [0, 0.05) is 19.6 Å². The summed E-state index contributed by atoms with van der Waals surface area (Å²) in [6, 6.07) is 22.5. The summed E-state index contributed by atoms with van der Waals surface area (Å²) >= 11 is 0. The van der Waals surface area contributed by atoms with E-state index in [-0.39, 0.29) is 5.91 Å². The van der Waals surface area contributed by atoms with E-state index in [0.717, 1.165) is 31.5 Å². The molecule has 1 amide bonds. The SMILES string of the molecule is COc1cc(CC(=O)NCCCc2ccc(C)c(C)c2)ccc1OCCNCc1ccccc1. The highest BCUT2D eigenvalue weighted by molar-refractivity contribution is 5.78. The second-order valence-electron chi connectivity index (χ2n) is 8.54. The summed E-state index contributed by atoms with van der Waals surface area (Å²) in [4.78, 5) is 12.4. The van der Waals surface area contributed by atoms with Crippen LogP contribution in [0.2, 0.25) is 0 Å². The molecular weight excluding hydrogens is 424 g/mol. The molecule has 5 heteroatoms. The highest BCUT2D eigenvalue weighted by Gasteiger charge is 2.09. The van der Waals surface area contributed by atoms with E-state index in [2.05, 4.69) is 54.8 Å². The predicted octanol–water partition coefficient (Wildman–Crippen LogP) is 4.77. The molecule has 0 spiro atoms. The molecule has 3 aromatic rings. The van der Waals surface area contributed by atoms with Gasteiger partial charge in [-0.2, -0.15) is 0 Å². The average molecular weight is 461 g/mol. The van der Waals surface area contributed by atoms with Crippen LogP contribution in [0.5, 0.6) is 11.5 Å². The minimum absolute atomic E-state index is 0.0147. The van der Waals surface area contributed by atoms with Crippen LogP contribution >= 0.6 is 0 Å². The van der Waals surface area contributed by atoms with E-state index in [9.17, 15) is 4.79 Å². The van der Waals surface area contributed by atoms with Gasteiger partial charge < -0.3 is 20.1 Å². The van der Waals surface area contributed by atoms with Crippen molar-refractivity contribution in [2.75, 3.05) is 26.8 Å². The van der Waals surface area contributed by atoms with Crippen molar-refractivity contribution in [1.29, 1.82) is 0 Å². The van der Waals surface area contributed by atoms with Crippen LogP contribution < -0.4 is 20.1 Å². The number of amides is 1. The monoisotopic (exact) mass is 460 g/mol. The van der Waals surface area contributed by atoms with Crippen LogP contribution in [-0.2, 0) is 24.2 Å². The van der Waals surface area contributed by atoms with E-state index in [1.807, 2.05) is 36.4 Å². The Kier molecular flexibility index (Phi) is 9.98. The number of benzene rings is 3. The number of carbonyl (C=O) groups is 1. The smallest absolute Gasteiger partial charge is 0.224 e. The largest absolute Gasteiger partial charge is 0.493 e. The Hall–Kier alpha value is -3.31. The van der Waals surface area contributed by atoms with Gasteiger partial charge in [0.1, 0.15) is 6.61 Å². The van der Waals surface area contributed by atoms with Crippen LogP contribution in [0.3, 0.4) is 0 Å². The standard InChI is InChI=1S/C29H36N2O3/c1-22-11-12-24(18-23(22)2)10-7-15-31-29(32)20-26-13-14-27(28(19-26)33-3)34-17-16-30-21-25-8-5-4-6-9-25/h4-6,8-9,11-14,18-19,30H,7,10,15-17,20-21H2,1-3H3,(H,31,32). The molecule has 5 nitrogen and oxygen atoms in total. The minimum Gasteiger partial charge on any atom is -0.493 e. The van der Waals surface area contributed by atoms with Gasteiger partial charge in [0.05, 0.1) is 13.5 Å². The lowest BCUT2D eigenvalue weighted by molar-refractivity contribution is -0.120. The molecule has 0 bridgehead atoms. The molecule has 3 rings (SSSR count). The summed E-state index contributed by atoms with van der Waals surface area (Å²) in [5.74, 6) is 1.34. The zero-order valence-electron chi connectivity index (χ0n) is 20.5. The van der Waals surface area contributed by atoms with Gasteiger partial charge in [0.25, 0.3) is 0 Å². The molecule has 180 valence electrons. The second-order valence-corrected chi connectivity index (χ2v) is 8.54. The Morgan fingerprint density at radius 1 is 0.824 bits per heavy atom. The molecule has 0 saturated heterocycles. The van der Waals surface area contributed by atoms with Gasteiger partial charge in [-0.15, -0.1) is 0 Å². The fourth-order valence-electron chi connectivity index (χ4n) is 3.73. The van der Waals surface area contributed by atoms with Crippen LogP contribution in [0.4, 0.5) is 0 Å². The molecule has 3 aromatic carbocycles. The third-order valence-electron chi connectivity index (χ3n) is 5.84. The summed E-state index contributed by atoms with van der Waals surface area (Å²) in [7, 11) is 1.62. The number of ether oxygens (including phenoxy) is 2. The Balaban J connectivity index is 1.37. The fraction of sp³-hybridized carbons (Fsp3) is 0.345. The van der Waals surface area contributed by atoms with Crippen molar-refractivity contribution in [3.05, 3.63) is 94.5 Å². The van der Waals surface area contributed by atoms with Gasteiger partial charge >= 0.3 is 0 Å². The topological polar surface area (TPSA) is 59.6 Å². The van der Waals surface area contributed by atoms with Gasteiger partial charge in [-0.3, -0.25) is 4.79 Å². The molecule has 34 heavy (non-hydrogen) atoms. The molecule has 0 aromatic heterocycles. The average Bonchev–Trinajstić information content (AvgIpc) is 2.85. The quantitative estimate of drug-likeness (QED) is 0.361. The van der Waals surface area contributed by atoms with Crippen molar-refractivity contribution < 1.29 is 14.3 Å². The van der Waals surface area contributed by atoms with E-state index in [1.54, 1.807) is 7.11 Å². The molecule has 0 radical (unpaired) electrons. The highest BCUT2D eigenvalue weighted by atomic mass is 16.5. The summed E-state index contributed by atoms with van der Waals surface area (Å²) in [6.45, 7) is 6.99. The predicted molar refractivity (Wildman–Crippen MR) is 138 cm³/mol. The number of rotatable bonds is 13. The summed E-state index contributed by atoms with van der Waals surface area (Å²) in [5.41, 5.74) is 6.08. The van der Waals surface area contributed by atoms with Crippen LogP contribution in [0.25, 0.3) is 0 Å². The molecule has 0 unspecified atom stereocenters. The Labute approximate surface area is 203 Å². The third-order valence-corrected chi connectivity index (χ3v) is 5.84. The first kappa shape index (κ1) is 25.3. The molecule has 0 aliphatic heterocycles. The molecule has 0 heterocycles. The molecular formula is C29H36N2O3. The maximum absolute atomic E-state index is 12.4. The van der Waals surface area contributed by atoms with E-state index in [0.29, 0.717) is 31.1 Å². The van der Waals surface area contributed by atoms with Crippen LogP contribution in [-0.4, -0.2) is 32.7 Å². The number of nitrogens with one attached hydrogen (secondary N) is 2. The van der Waals surface area contributed by atoms with Crippen molar-refractivity contribution in [2.24, 2.45) is 0 Å². The maximum atomic E-state index is 12.4. The molecule has 2 N–H and O–H groups in total. The van der Waals surface area contributed by atoms with Gasteiger partial charge in [-0.05, 0) is 66.6 Å². The Morgan fingerprint density at radius 3 is 2.38 bits per heavy atom. The second kappa shape index (κ2) is 13.4. The highest BCUT2D eigenvalue weighted by Crippen LogP contribution is 2.28. The van der Waals surface area contributed by atoms with Gasteiger partial charge in [-0.25, -0.2) is 0 Å². The van der Waals surface area contributed by atoms with Crippen LogP contribution in [0, 0.1) is 13.8 Å². The lowest BCUT2D eigenvalue weighted by Gasteiger charge is -2.13. The minimum atomic E-state index is 0.0147. The molecule has 0 saturated carbocycles. The van der Waals surface area contributed by atoms with Gasteiger partial charge in [0.2, 0.25) is 5.91 Å². The molecule has 0 atom stereocenters. The maximum Gasteiger partial charge on any atom is 0.224 e. The Bertz CT molecular complexity index is 1050. The van der Waals surface area contributed by atoms with Crippen LogP contribution in [0.15, 0.2) is 66.7 Å². The third kappa shape index (κ3) is 8.23. The number of aryl methyl sites for hydroxylation is 3. The molecule has 0 aliphatic rings. The van der Waals surface area contributed by atoms with E-state index < -0.39 is 0 Å². The lowest BCUT2D eigenvalue weighted by Crippen LogP contribution is -2.26. The van der Waals surface area contributed by atoms with Gasteiger partial charge in [0.15, 0.2) is 11.5 Å². The van der Waals surface area contributed by atoms with E-state index in [4.69, 9.17) is 9.47 Å². The van der Waals surface area contributed by atoms with Crippen molar-refractivity contribution in [2.45, 2.75) is 39.7 Å². The summed E-state index contributed by atoms with van der Waals surface area (Å²) in [6.07, 6.45) is 2.20. The van der Waals surface area contributed by atoms with Gasteiger partial charge in [-0.1, -0.05) is 54.6 Å². The number of methoxy groups -OCH3 is 1. The zero-order chi connectivity index (χ0) is 24.2. The van der Waals surface area contributed by atoms with Crippen molar-refractivity contribution in [3.63, 3.8) is 0 Å². The summed E-state index contributed by atoms with van der Waals surface area (Å²) < 4.78 is 11.4. The lowest BCUT2D eigenvalue weighted by atomic mass is 10.0. The van der Waals surface area contributed by atoms with E-state index >= 15 is 0 Å². The first-order valence-corrected chi connectivity index (χ1v) is 11.9. The molecule has 0 aliphatic carbocycles. The van der Waals surface area contributed by atoms with Crippen LogP contribution in [0.1, 0.15) is 34.2 Å². The van der Waals surface area contributed by atoms with Crippen molar-refractivity contribution in [1.82, 2.24) is 10.6 Å². The Morgan fingerprint density at radius 2 is 1.62 bits per heavy atom. The fourth-order valence-corrected chi connectivity index (χ4v) is 3.73. The number of hydrogen-bond donors (Lipinski definition) is 2. The number of carbonyl (C=O) groups excluding carboxylic acids is 1. The molecule has 0 fully saturated rings. The normalized spacial score (nSPS) is 10.7. The first-order chi connectivity index (χ1) is 16.5. The summed E-state index contributed by atoms with van der Waals surface area (Å²) in [5, 5.41) is 6.39. The van der Waals surface area contributed by atoms with Crippen molar-refractivity contribution in [3.8, 4) is 11.5 Å². The van der Waals surface area contributed by atoms with E-state index in [1.165, 1.54) is 22.3 Å². The van der Waals surface area contributed by atoms with Crippen molar-refractivity contribution >= 4 is 5.91 Å².